The second-order valence-electron chi connectivity index (χ2n) is 4.11. The third-order valence-electron chi connectivity index (χ3n) is 2.98. The molecule has 0 spiro atoms. The Hall–Kier alpha value is -1.58. The lowest BCUT2D eigenvalue weighted by atomic mass is 9.95. The lowest BCUT2D eigenvalue weighted by Gasteiger charge is -2.11. The highest BCUT2D eigenvalue weighted by atomic mass is 35.5. The quantitative estimate of drug-likeness (QED) is 0.893. The number of nitrogens with two attached hydrogens (primary N) is 1. The fourth-order valence-electron chi connectivity index (χ4n) is 2.01. The Bertz CT molecular complexity index is 537. The summed E-state index contributed by atoms with van der Waals surface area (Å²) in [7, 11) is 0. The van der Waals surface area contributed by atoms with E-state index in [4.69, 9.17) is 10.8 Å². The van der Waals surface area contributed by atoms with E-state index in [0.29, 0.717) is 6.42 Å². The van der Waals surface area contributed by atoms with E-state index in [0.717, 1.165) is 16.3 Å². The molecule has 0 heterocycles. The van der Waals surface area contributed by atoms with Crippen molar-refractivity contribution in [1.82, 2.24) is 0 Å². The first kappa shape index (κ1) is 14.5. The second kappa shape index (κ2) is 6.38. The van der Waals surface area contributed by atoms with E-state index in [1.165, 1.54) is 0 Å². The van der Waals surface area contributed by atoms with Gasteiger partial charge < -0.3 is 10.8 Å². The van der Waals surface area contributed by atoms with Gasteiger partial charge in [0.2, 0.25) is 0 Å². The maximum Gasteiger partial charge on any atom is 0.308 e. The number of hydrogen-bond acceptors (Lipinski definition) is 2. The molecule has 0 bridgehead atoms. The minimum absolute atomic E-state index is 0. The summed E-state index contributed by atoms with van der Waals surface area (Å²) in [4.78, 5) is 11.0. The predicted octanol–water partition coefficient (Wildman–Crippen LogP) is 2.46. The van der Waals surface area contributed by atoms with Crippen LogP contribution in [0.1, 0.15) is 5.56 Å². The van der Waals surface area contributed by atoms with E-state index in [2.05, 4.69) is 0 Å². The average molecular weight is 266 g/mol. The Kier molecular flexibility index (Phi) is 5.13. The fourth-order valence-corrected chi connectivity index (χ4v) is 2.01. The van der Waals surface area contributed by atoms with Crippen molar-refractivity contribution in [3.8, 4) is 0 Å². The first-order chi connectivity index (χ1) is 8.22. The van der Waals surface area contributed by atoms with Gasteiger partial charge in [0.25, 0.3) is 0 Å². The molecule has 0 aliphatic rings. The number of carboxylic acid groups (broad SMARTS) is 1. The molecular formula is C14H16ClNO2. The molecule has 0 aliphatic heterocycles. The Balaban J connectivity index is 0.00000162. The van der Waals surface area contributed by atoms with E-state index in [1.54, 1.807) is 0 Å². The number of benzene rings is 2. The van der Waals surface area contributed by atoms with Crippen molar-refractivity contribution < 1.29 is 9.90 Å². The van der Waals surface area contributed by atoms with E-state index >= 15 is 0 Å². The molecule has 0 saturated carbocycles. The topological polar surface area (TPSA) is 63.3 Å². The summed E-state index contributed by atoms with van der Waals surface area (Å²) in [5.74, 6) is -1.35. The largest absolute Gasteiger partial charge is 0.481 e. The zero-order chi connectivity index (χ0) is 12.3. The van der Waals surface area contributed by atoms with Gasteiger partial charge in [-0.1, -0.05) is 42.5 Å². The molecule has 0 aliphatic carbocycles. The molecule has 0 radical (unpaired) electrons. The van der Waals surface area contributed by atoms with Crippen LogP contribution < -0.4 is 5.73 Å². The number of rotatable bonds is 4. The molecule has 0 aromatic heterocycles. The van der Waals surface area contributed by atoms with Gasteiger partial charge in [0, 0.05) is 6.54 Å². The SMILES string of the molecule is Cl.NC[C@H](Cc1cccc2ccccc12)C(=O)O. The average Bonchev–Trinajstić information content (AvgIpc) is 2.35. The molecule has 96 valence electrons. The lowest BCUT2D eigenvalue weighted by molar-refractivity contribution is -0.141. The molecule has 2 aromatic rings. The summed E-state index contributed by atoms with van der Waals surface area (Å²) in [5, 5.41) is 11.3. The number of hydrogen-bond donors (Lipinski definition) is 2. The van der Waals surface area contributed by atoms with Gasteiger partial charge in [0.15, 0.2) is 0 Å². The monoisotopic (exact) mass is 265 g/mol. The van der Waals surface area contributed by atoms with Crippen molar-refractivity contribution in [3.63, 3.8) is 0 Å². The Morgan fingerprint density at radius 3 is 2.50 bits per heavy atom. The molecule has 0 saturated heterocycles. The molecule has 18 heavy (non-hydrogen) atoms. The summed E-state index contributed by atoms with van der Waals surface area (Å²) in [6, 6.07) is 13.9. The molecule has 2 aromatic carbocycles. The molecule has 1 atom stereocenters. The zero-order valence-corrected chi connectivity index (χ0v) is 10.7. The summed E-state index contributed by atoms with van der Waals surface area (Å²) in [6.45, 7) is 0.165. The van der Waals surface area contributed by atoms with Crippen molar-refractivity contribution >= 4 is 29.1 Å². The summed E-state index contributed by atoms with van der Waals surface area (Å²) < 4.78 is 0. The second-order valence-corrected chi connectivity index (χ2v) is 4.11. The van der Waals surface area contributed by atoms with Gasteiger partial charge in [0.1, 0.15) is 0 Å². The number of carbonyl (C=O) groups is 1. The third kappa shape index (κ3) is 3.00. The number of aliphatic carboxylic acids is 1. The summed E-state index contributed by atoms with van der Waals surface area (Å²) in [5.41, 5.74) is 6.53. The first-order valence-electron chi connectivity index (χ1n) is 5.62. The van der Waals surface area contributed by atoms with Gasteiger partial charge in [-0.15, -0.1) is 12.4 Å². The minimum atomic E-state index is -0.833. The fraction of sp³-hybridized carbons (Fsp3) is 0.214. The van der Waals surface area contributed by atoms with Gasteiger partial charge in [-0.25, -0.2) is 0 Å². The first-order valence-corrected chi connectivity index (χ1v) is 5.62. The molecular weight excluding hydrogens is 250 g/mol. The van der Waals surface area contributed by atoms with Crippen LogP contribution in [0.15, 0.2) is 42.5 Å². The maximum absolute atomic E-state index is 11.0. The van der Waals surface area contributed by atoms with Crippen LogP contribution >= 0.6 is 12.4 Å². The standard InChI is InChI=1S/C14H15NO2.ClH/c15-9-12(14(16)17)8-11-6-3-5-10-4-1-2-7-13(10)11;/h1-7,12H,8-9,15H2,(H,16,17);1H/t12-;/m0./s1. The summed E-state index contributed by atoms with van der Waals surface area (Å²) in [6.07, 6.45) is 0.479. The third-order valence-corrected chi connectivity index (χ3v) is 2.98. The molecule has 0 fully saturated rings. The smallest absolute Gasteiger partial charge is 0.308 e. The van der Waals surface area contributed by atoms with Crippen LogP contribution in [0, 0.1) is 5.92 Å². The number of fused-ring (bicyclic) bond motifs is 1. The summed E-state index contributed by atoms with van der Waals surface area (Å²) >= 11 is 0. The lowest BCUT2D eigenvalue weighted by Crippen LogP contribution is -2.25. The van der Waals surface area contributed by atoms with Gasteiger partial charge >= 0.3 is 5.97 Å². The van der Waals surface area contributed by atoms with Crippen molar-refractivity contribution in [2.45, 2.75) is 6.42 Å². The zero-order valence-electron chi connectivity index (χ0n) is 9.87. The molecule has 3 N–H and O–H groups in total. The normalized spacial score (nSPS) is 11.8. The van der Waals surface area contributed by atoms with Crippen LogP contribution in [0.3, 0.4) is 0 Å². The Morgan fingerprint density at radius 1 is 1.17 bits per heavy atom. The Labute approximate surface area is 112 Å². The minimum Gasteiger partial charge on any atom is -0.481 e. The molecule has 3 nitrogen and oxygen atoms in total. The van der Waals surface area contributed by atoms with Crippen LogP contribution in [0.5, 0.6) is 0 Å². The van der Waals surface area contributed by atoms with Crippen molar-refractivity contribution in [2.24, 2.45) is 11.7 Å². The van der Waals surface area contributed by atoms with E-state index in [1.807, 2.05) is 42.5 Å². The number of carboxylic acids is 1. The molecule has 0 amide bonds. The van der Waals surface area contributed by atoms with Crippen molar-refractivity contribution in [3.05, 3.63) is 48.0 Å². The maximum atomic E-state index is 11.0. The van der Waals surface area contributed by atoms with Crippen LogP contribution in [0.4, 0.5) is 0 Å². The van der Waals surface area contributed by atoms with Crippen LogP contribution in [-0.2, 0) is 11.2 Å². The van der Waals surface area contributed by atoms with Gasteiger partial charge in [0.05, 0.1) is 5.92 Å². The van der Waals surface area contributed by atoms with Gasteiger partial charge in [-0.2, -0.15) is 0 Å². The van der Waals surface area contributed by atoms with Crippen LogP contribution in [-0.4, -0.2) is 17.6 Å². The number of halogens is 1. The highest BCUT2D eigenvalue weighted by molar-refractivity contribution is 5.86. The van der Waals surface area contributed by atoms with Crippen LogP contribution in [0.2, 0.25) is 0 Å². The van der Waals surface area contributed by atoms with Gasteiger partial charge in [-0.3, -0.25) is 4.79 Å². The van der Waals surface area contributed by atoms with Gasteiger partial charge in [-0.05, 0) is 22.8 Å². The van der Waals surface area contributed by atoms with Crippen LogP contribution in [0.25, 0.3) is 10.8 Å². The highest BCUT2D eigenvalue weighted by Crippen LogP contribution is 2.21. The van der Waals surface area contributed by atoms with Crippen molar-refractivity contribution in [2.75, 3.05) is 6.54 Å². The predicted molar refractivity (Wildman–Crippen MR) is 75.1 cm³/mol. The van der Waals surface area contributed by atoms with E-state index in [-0.39, 0.29) is 19.0 Å². The van der Waals surface area contributed by atoms with E-state index < -0.39 is 11.9 Å². The highest BCUT2D eigenvalue weighted by Gasteiger charge is 2.16. The Morgan fingerprint density at radius 2 is 1.83 bits per heavy atom. The molecule has 0 unspecified atom stereocenters. The molecule has 4 heteroatoms. The molecule has 2 rings (SSSR count). The van der Waals surface area contributed by atoms with E-state index in [9.17, 15) is 4.79 Å². The van der Waals surface area contributed by atoms with Crippen molar-refractivity contribution in [1.29, 1.82) is 0 Å².